The zero-order chi connectivity index (χ0) is 17.2. The van der Waals surface area contributed by atoms with Crippen LogP contribution < -0.4 is 5.32 Å². The van der Waals surface area contributed by atoms with Crippen molar-refractivity contribution in [2.45, 2.75) is 37.5 Å². The predicted octanol–water partition coefficient (Wildman–Crippen LogP) is 2.93. The fourth-order valence-electron chi connectivity index (χ4n) is 4.03. The third-order valence-corrected chi connectivity index (χ3v) is 5.29. The molecule has 0 bridgehead atoms. The molecule has 0 saturated carbocycles. The van der Waals surface area contributed by atoms with Gasteiger partial charge in [-0.25, -0.2) is 0 Å². The number of hydrogen-bond acceptors (Lipinski definition) is 3. The lowest BCUT2D eigenvalue weighted by Crippen LogP contribution is -2.41. The highest BCUT2D eigenvalue weighted by Gasteiger charge is 2.37. The number of amides is 1. The van der Waals surface area contributed by atoms with Crippen LogP contribution in [0.3, 0.4) is 0 Å². The lowest BCUT2D eigenvalue weighted by molar-refractivity contribution is -0.136. The first-order valence-electron chi connectivity index (χ1n) is 8.97. The van der Waals surface area contributed by atoms with Crippen LogP contribution in [0.15, 0.2) is 54.6 Å². The first-order chi connectivity index (χ1) is 12.2. The summed E-state index contributed by atoms with van der Waals surface area (Å²) in [4.78, 5) is 13.0. The third kappa shape index (κ3) is 3.20. The molecule has 1 aliphatic heterocycles. The van der Waals surface area contributed by atoms with Gasteiger partial charge in [0.05, 0.1) is 24.2 Å². The van der Waals surface area contributed by atoms with Gasteiger partial charge in [0, 0.05) is 13.0 Å². The standard InChI is InChI=1S/C21H23NO3/c23-18-13-15-9-4-5-10-16(15)19(18)22-21(24)17-11-6-12-25-20(17)14-7-2-1-3-8-14/h1-5,7-10,17-20,23H,6,11-13H2,(H,22,24)/t17-,18-,19+,20-/m0/s1. The van der Waals surface area contributed by atoms with E-state index in [9.17, 15) is 9.90 Å². The topological polar surface area (TPSA) is 58.6 Å². The van der Waals surface area contributed by atoms with Gasteiger partial charge in [-0.15, -0.1) is 0 Å². The summed E-state index contributed by atoms with van der Waals surface area (Å²) in [5, 5.41) is 13.5. The molecule has 4 atom stereocenters. The highest BCUT2D eigenvalue weighted by atomic mass is 16.5. The van der Waals surface area contributed by atoms with E-state index in [1.165, 1.54) is 0 Å². The van der Waals surface area contributed by atoms with Gasteiger partial charge in [0.15, 0.2) is 0 Å². The first kappa shape index (κ1) is 16.3. The molecule has 25 heavy (non-hydrogen) atoms. The maximum atomic E-state index is 13.0. The fourth-order valence-corrected chi connectivity index (χ4v) is 4.03. The van der Waals surface area contributed by atoms with E-state index < -0.39 is 6.10 Å². The molecule has 130 valence electrons. The van der Waals surface area contributed by atoms with E-state index in [-0.39, 0.29) is 24.0 Å². The number of hydrogen-bond donors (Lipinski definition) is 2. The summed E-state index contributed by atoms with van der Waals surface area (Å²) < 4.78 is 5.94. The Morgan fingerprint density at radius 1 is 1.08 bits per heavy atom. The van der Waals surface area contributed by atoms with Gasteiger partial charge in [-0.1, -0.05) is 54.6 Å². The number of carbonyl (C=O) groups excluding carboxylic acids is 1. The number of aliphatic hydroxyl groups excluding tert-OH is 1. The lowest BCUT2D eigenvalue weighted by Gasteiger charge is -2.32. The molecule has 2 aromatic rings. The van der Waals surface area contributed by atoms with Crippen molar-refractivity contribution in [3.8, 4) is 0 Å². The van der Waals surface area contributed by atoms with Gasteiger partial charge in [-0.3, -0.25) is 4.79 Å². The van der Waals surface area contributed by atoms with Gasteiger partial charge in [-0.05, 0) is 29.5 Å². The number of carbonyl (C=O) groups is 1. The summed E-state index contributed by atoms with van der Waals surface area (Å²) in [6.07, 6.45) is 1.48. The molecule has 1 fully saturated rings. The normalized spacial score (nSPS) is 28.4. The van der Waals surface area contributed by atoms with Crippen LogP contribution in [0.4, 0.5) is 0 Å². The van der Waals surface area contributed by atoms with Crippen LogP contribution in [-0.4, -0.2) is 23.7 Å². The number of nitrogens with one attached hydrogen (secondary N) is 1. The summed E-state index contributed by atoms with van der Waals surface area (Å²) in [5.41, 5.74) is 3.17. The number of fused-ring (bicyclic) bond motifs is 1. The maximum Gasteiger partial charge on any atom is 0.226 e. The number of benzene rings is 2. The third-order valence-electron chi connectivity index (χ3n) is 5.29. The fraction of sp³-hybridized carbons (Fsp3) is 0.381. The maximum absolute atomic E-state index is 13.0. The van der Waals surface area contributed by atoms with Gasteiger partial charge in [0.25, 0.3) is 0 Å². The molecule has 0 aromatic heterocycles. The number of rotatable bonds is 3. The molecule has 0 spiro atoms. The van der Waals surface area contributed by atoms with E-state index in [2.05, 4.69) is 5.32 Å². The Hall–Kier alpha value is -2.17. The average molecular weight is 337 g/mol. The van der Waals surface area contributed by atoms with Gasteiger partial charge in [0.1, 0.15) is 0 Å². The number of ether oxygens (including phenoxy) is 1. The molecule has 4 nitrogen and oxygen atoms in total. The van der Waals surface area contributed by atoms with Crippen molar-refractivity contribution in [3.63, 3.8) is 0 Å². The Bertz CT molecular complexity index is 746. The van der Waals surface area contributed by atoms with E-state index in [0.29, 0.717) is 13.0 Å². The molecule has 2 aliphatic rings. The summed E-state index contributed by atoms with van der Waals surface area (Å²) in [5.74, 6) is -0.259. The Morgan fingerprint density at radius 2 is 1.84 bits per heavy atom. The van der Waals surface area contributed by atoms with Crippen molar-refractivity contribution < 1.29 is 14.6 Å². The van der Waals surface area contributed by atoms with Crippen LogP contribution in [0.1, 0.15) is 41.7 Å². The number of aliphatic hydroxyl groups is 1. The van der Waals surface area contributed by atoms with Crippen molar-refractivity contribution in [2.24, 2.45) is 5.92 Å². The van der Waals surface area contributed by atoms with Crippen LogP contribution in [0, 0.1) is 5.92 Å². The second kappa shape index (κ2) is 6.98. The van der Waals surface area contributed by atoms with Crippen LogP contribution in [0.25, 0.3) is 0 Å². The lowest BCUT2D eigenvalue weighted by atomic mass is 9.88. The zero-order valence-corrected chi connectivity index (χ0v) is 14.1. The largest absolute Gasteiger partial charge is 0.390 e. The van der Waals surface area contributed by atoms with Crippen molar-refractivity contribution in [2.75, 3.05) is 6.61 Å². The summed E-state index contributed by atoms with van der Waals surface area (Å²) in [7, 11) is 0. The van der Waals surface area contributed by atoms with Crippen LogP contribution in [-0.2, 0) is 16.0 Å². The van der Waals surface area contributed by atoms with Crippen molar-refractivity contribution in [3.05, 3.63) is 71.3 Å². The molecule has 1 heterocycles. The summed E-state index contributed by atoms with van der Waals surface area (Å²) in [6.45, 7) is 0.679. The van der Waals surface area contributed by atoms with E-state index in [1.54, 1.807) is 0 Å². The van der Waals surface area contributed by atoms with Crippen molar-refractivity contribution >= 4 is 5.91 Å². The molecule has 2 aromatic carbocycles. The van der Waals surface area contributed by atoms with Crippen LogP contribution in [0.5, 0.6) is 0 Å². The minimum atomic E-state index is -0.568. The molecular formula is C21H23NO3. The Labute approximate surface area is 147 Å². The Balaban J connectivity index is 1.54. The van der Waals surface area contributed by atoms with Crippen molar-refractivity contribution in [1.82, 2.24) is 5.32 Å². The minimum absolute atomic E-state index is 0.0330. The molecular weight excluding hydrogens is 314 g/mol. The molecule has 1 amide bonds. The van der Waals surface area contributed by atoms with E-state index in [4.69, 9.17) is 4.74 Å². The van der Waals surface area contributed by atoms with Gasteiger partial charge in [0.2, 0.25) is 5.91 Å². The molecule has 0 unspecified atom stereocenters. The second-order valence-electron chi connectivity index (χ2n) is 6.91. The second-order valence-corrected chi connectivity index (χ2v) is 6.91. The monoisotopic (exact) mass is 337 g/mol. The average Bonchev–Trinajstić information content (AvgIpc) is 2.98. The van der Waals surface area contributed by atoms with E-state index in [0.717, 1.165) is 29.5 Å². The van der Waals surface area contributed by atoms with Crippen LogP contribution in [0.2, 0.25) is 0 Å². The summed E-state index contributed by atoms with van der Waals surface area (Å²) >= 11 is 0. The Morgan fingerprint density at radius 3 is 2.68 bits per heavy atom. The Kier molecular flexibility index (Phi) is 4.55. The van der Waals surface area contributed by atoms with Crippen LogP contribution >= 0.6 is 0 Å². The predicted molar refractivity (Wildman–Crippen MR) is 94.9 cm³/mol. The first-order valence-corrected chi connectivity index (χ1v) is 8.97. The van der Waals surface area contributed by atoms with E-state index in [1.807, 2.05) is 54.6 Å². The molecule has 1 saturated heterocycles. The molecule has 2 N–H and O–H groups in total. The molecule has 1 aliphatic carbocycles. The van der Waals surface area contributed by atoms with E-state index >= 15 is 0 Å². The zero-order valence-electron chi connectivity index (χ0n) is 14.1. The van der Waals surface area contributed by atoms with Gasteiger partial charge in [-0.2, -0.15) is 0 Å². The minimum Gasteiger partial charge on any atom is -0.390 e. The summed E-state index contributed by atoms with van der Waals surface area (Å²) in [6, 6.07) is 17.5. The molecule has 4 heteroatoms. The van der Waals surface area contributed by atoms with Crippen molar-refractivity contribution in [1.29, 1.82) is 0 Å². The SMILES string of the molecule is O=C(N[C@@H]1c2ccccc2C[C@@H]1O)[C@H]1CCCO[C@H]1c1ccccc1. The van der Waals surface area contributed by atoms with Gasteiger partial charge >= 0.3 is 0 Å². The quantitative estimate of drug-likeness (QED) is 0.905. The van der Waals surface area contributed by atoms with Gasteiger partial charge < -0.3 is 15.2 Å². The molecule has 0 radical (unpaired) electrons. The highest BCUT2D eigenvalue weighted by Crippen LogP contribution is 2.36. The highest BCUT2D eigenvalue weighted by molar-refractivity contribution is 5.80. The smallest absolute Gasteiger partial charge is 0.226 e. The molecule has 4 rings (SSSR count).